The van der Waals surface area contributed by atoms with Crippen LogP contribution in [0.25, 0.3) is 0 Å². The van der Waals surface area contributed by atoms with Crippen LogP contribution in [0.2, 0.25) is 0 Å². The number of nitrogens with zero attached hydrogens (tertiary/aromatic N) is 2. The molecule has 0 atom stereocenters. The van der Waals surface area contributed by atoms with Crippen LogP contribution in [0.5, 0.6) is 5.75 Å². The lowest BCUT2D eigenvalue weighted by atomic mass is 10.3. The lowest BCUT2D eigenvalue weighted by Gasteiger charge is -2.09. The van der Waals surface area contributed by atoms with Gasteiger partial charge in [-0.25, -0.2) is 9.89 Å². The molecule has 6 nitrogen and oxygen atoms in total. The highest BCUT2D eigenvalue weighted by atomic mass is 32.2. The number of nitrogens with two attached hydrogens (primary N) is 1. The number of benzene rings is 1. The molecule has 2 aromatic rings. The van der Waals surface area contributed by atoms with Crippen molar-refractivity contribution in [2.24, 2.45) is 0 Å². The number of hydrogen-bond donors (Lipinski definition) is 2. The number of nitrogens with one attached hydrogen (secondary N) is 1. The molecule has 3 N–H and O–H groups in total. The Morgan fingerprint density at radius 2 is 2.29 bits per heavy atom. The maximum absolute atomic E-state index is 11.8. The lowest BCUT2D eigenvalue weighted by molar-refractivity contribution is 0.317. The van der Waals surface area contributed by atoms with Crippen LogP contribution in [0.4, 0.5) is 5.69 Å². The van der Waals surface area contributed by atoms with Gasteiger partial charge in [0.05, 0.1) is 6.61 Å². The van der Waals surface area contributed by atoms with E-state index in [1.807, 2.05) is 12.1 Å². The van der Waals surface area contributed by atoms with Crippen molar-refractivity contribution in [2.45, 2.75) is 42.3 Å². The second-order valence-corrected chi connectivity index (χ2v) is 6.14. The number of aromatic amines is 1. The van der Waals surface area contributed by atoms with Crippen LogP contribution >= 0.6 is 11.8 Å². The molecule has 0 bridgehead atoms. The molecule has 112 valence electrons. The van der Waals surface area contributed by atoms with Crippen LogP contribution < -0.4 is 16.2 Å². The van der Waals surface area contributed by atoms with E-state index in [1.54, 1.807) is 10.6 Å². The summed E-state index contributed by atoms with van der Waals surface area (Å²) in [5, 5.41) is 7.29. The third kappa shape index (κ3) is 3.24. The Bertz CT molecular complexity index is 691. The van der Waals surface area contributed by atoms with Gasteiger partial charge >= 0.3 is 5.69 Å². The minimum Gasteiger partial charge on any atom is -0.493 e. The van der Waals surface area contributed by atoms with Crippen molar-refractivity contribution in [3.8, 4) is 5.75 Å². The minimum atomic E-state index is -0.147. The van der Waals surface area contributed by atoms with Crippen molar-refractivity contribution in [1.82, 2.24) is 14.8 Å². The van der Waals surface area contributed by atoms with Gasteiger partial charge in [-0.15, -0.1) is 5.10 Å². The standard InChI is InChI=1S/C14H18N4O2S/c1-2-5-20-11-6-9(15)7-12(8-11)21-14-17-16-13(19)18(14)10-3-4-10/h6-8,10H,2-5,15H2,1H3,(H,16,19). The van der Waals surface area contributed by atoms with Gasteiger partial charge in [-0.3, -0.25) is 4.57 Å². The van der Waals surface area contributed by atoms with Gasteiger partial charge < -0.3 is 10.5 Å². The topological polar surface area (TPSA) is 85.9 Å². The molecular weight excluding hydrogens is 288 g/mol. The summed E-state index contributed by atoms with van der Waals surface area (Å²) in [6.07, 6.45) is 3.02. The molecule has 0 aliphatic heterocycles. The number of rotatable bonds is 6. The minimum absolute atomic E-state index is 0.147. The lowest BCUT2D eigenvalue weighted by Crippen LogP contribution is -2.15. The molecule has 1 fully saturated rings. The van der Waals surface area contributed by atoms with E-state index in [2.05, 4.69) is 17.1 Å². The second-order valence-electron chi connectivity index (χ2n) is 5.10. The van der Waals surface area contributed by atoms with E-state index in [0.717, 1.165) is 29.9 Å². The zero-order valence-corrected chi connectivity index (χ0v) is 12.7. The average molecular weight is 306 g/mol. The predicted octanol–water partition coefficient (Wildman–Crippen LogP) is 2.43. The normalized spacial score (nSPS) is 14.3. The Hall–Kier alpha value is -1.89. The van der Waals surface area contributed by atoms with Gasteiger partial charge in [0.2, 0.25) is 0 Å². The molecule has 1 heterocycles. The molecule has 0 saturated heterocycles. The van der Waals surface area contributed by atoms with Crippen molar-refractivity contribution in [3.05, 3.63) is 28.7 Å². The summed E-state index contributed by atoms with van der Waals surface area (Å²) < 4.78 is 7.34. The first-order chi connectivity index (χ1) is 10.2. The van der Waals surface area contributed by atoms with Gasteiger partial charge in [-0.05, 0) is 43.2 Å². The molecule has 3 rings (SSSR count). The third-order valence-electron chi connectivity index (χ3n) is 3.17. The van der Waals surface area contributed by atoms with E-state index in [1.165, 1.54) is 11.8 Å². The van der Waals surface area contributed by atoms with Crippen molar-refractivity contribution in [3.63, 3.8) is 0 Å². The first kappa shape index (κ1) is 14.1. The maximum atomic E-state index is 11.8. The van der Waals surface area contributed by atoms with Crippen LogP contribution in [0.1, 0.15) is 32.2 Å². The van der Waals surface area contributed by atoms with E-state index in [9.17, 15) is 4.79 Å². The summed E-state index contributed by atoms with van der Waals surface area (Å²) in [5.41, 5.74) is 6.40. The Balaban J connectivity index is 1.84. The molecule has 7 heteroatoms. The fourth-order valence-corrected chi connectivity index (χ4v) is 3.08. The zero-order chi connectivity index (χ0) is 14.8. The number of hydrogen-bond acceptors (Lipinski definition) is 5. The summed E-state index contributed by atoms with van der Waals surface area (Å²) in [7, 11) is 0. The van der Waals surface area contributed by atoms with Gasteiger partial charge in [-0.2, -0.15) is 0 Å². The van der Waals surface area contributed by atoms with Crippen LogP contribution in [0, 0.1) is 0 Å². The quantitative estimate of drug-likeness (QED) is 0.801. The molecule has 0 radical (unpaired) electrons. The SMILES string of the molecule is CCCOc1cc(N)cc(Sc2n[nH]c(=O)n2C2CC2)c1. The molecule has 0 spiro atoms. The van der Waals surface area contributed by atoms with Crippen molar-refractivity contribution in [2.75, 3.05) is 12.3 Å². The highest BCUT2D eigenvalue weighted by Gasteiger charge is 2.28. The van der Waals surface area contributed by atoms with Crippen molar-refractivity contribution >= 4 is 17.4 Å². The summed E-state index contributed by atoms with van der Waals surface area (Å²) in [6.45, 7) is 2.71. The Kier molecular flexibility index (Phi) is 3.92. The number of nitrogen functional groups attached to an aromatic ring is 1. The second kappa shape index (κ2) is 5.85. The fourth-order valence-electron chi connectivity index (χ4n) is 2.08. The van der Waals surface area contributed by atoms with E-state index in [0.29, 0.717) is 17.5 Å². The molecule has 1 aliphatic rings. The predicted molar refractivity (Wildman–Crippen MR) is 81.9 cm³/mol. The molecule has 1 aromatic carbocycles. The van der Waals surface area contributed by atoms with Crippen LogP contribution in [-0.2, 0) is 0 Å². The summed E-state index contributed by atoms with van der Waals surface area (Å²) in [4.78, 5) is 12.7. The number of aromatic nitrogens is 3. The average Bonchev–Trinajstić information content (AvgIpc) is 3.21. The number of ether oxygens (including phenoxy) is 1. The monoisotopic (exact) mass is 306 g/mol. The highest BCUT2D eigenvalue weighted by molar-refractivity contribution is 7.99. The van der Waals surface area contributed by atoms with Gasteiger partial charge in [-0.1, -0.05) is 6.92 Å². The van der Waals surface area contributed by atoms with Gasteiger partial charge in [0.15, 0.2) is 5.16 Å². The zero-order valence-electron chi connectivity index (χ0n) is 11.8. The summed E-state index contributed by atoms with van der Waals surface area (Å²) in [5.74, 6) is 0.746. The van der Waals surface area contributed by atoms with E-state index in [-0.39, 0.29) is 11.7 Å². The Morgan fingerprint density at radius 3 is 3.00 bits per heavy atom. The van der Waals surface area contributed by atoms with Crippen molar-refractivity contribution < 1.29 is 4.74 Å². The molecular formula is C14H18N4O2S. The van der Waals surface area contributed by atoms with E-state index >= 15 is 0 Å². The summed E-state index contributed by atoms with van der Waals surface area (Å²) >= 11 is 1.43. The third-order valence-corrected chi connectivity index (χ3v) is 4.11. The molecule has 1 saturated carbocycles. The summed E-state index contributed by atoms with van der Waals surface area (Å²) in [6, 6.07) is 5.88. The first-order valence-electron chi connectivity index (χ1n) is 7.05. The van der Waals surface area contributed by atoms with Crippen LogP contribution in [0.15, 0.2) is 33.0 Å². The van der Waals surface area contributed by atoms with E-state index < -0.39 is 0 Å². The number of anilines is 1. The van der Waals surface area contributed by atoms with Crippen LogP contribution in [-0.4, -0.2) is 21.4 Å². The van der Waals surface area contributed by atoms with E-state index in [4.69, 9.17) is 10.5 Å². The molecule has 0 amide bonds. The molecule has 0 unspecified atom stereocenters. The number of H-pyrrole nitrogens is 1. The van der Waals surface area contributed by atoms with Crippen LogP contribution in [0.3, 0.4) is 0 Å². The molecule has 1 aliphatic carbocycles. The maximum Gasteiger partial charge on any atom is 0.344 e. The Labute approximate surface area is 126 Å². The highest BCUT2D eigenvalue weighted by Crippen LogP contribution is 2.38. The largest absolute Gasteiger partial charge is 0.493 e. The molecule has 1 aromatic heterocycles. The van der Waals surface area contributed by atoms with Gasteiger partial charge in [0.25, 0.3) is 0 Å². The van der Waals surface area contributed by atoms with Gasteiger partial charge in [0, 0.05) is 22.7 Å². The first-order valence-corrected chi connectivity index (χ1v) is 7.87. The van der Waals surface area contributed by atoms with Gasteiger partial charge in [0.1, 0.15) is 5.75 Å². The molecule has 21 heavy (non-hydrogen) atoms. The van der Waals surface area contributed by atoms with Crippen molar-refractivity contribution in [1.29, 1.82) is 0 Å². The Morgan fingerprint density at radius 1 is 1.48 bits per heavy atom. The fraction of sp³-hybridized carbons (Fsp3) is 0.429. The smallest absolute Gasteiger partial charge is 0.344 e.